The van der Waals surface area contributed by atoms with Gasteiger partial charge in [0.2, 0.25) is 11.8 Å². The van der Waals surface area contributed by atoms with Crippen LogP contribution in [0.2, 0.25) is 0 Å². The summed E-state index contributed by atoms with van der Waals surface area (Å²) in [4.78, 5) is 17.7. The van der Waals surface area contributed by atoms with Gasteiger partial charge in [-0.05, 0) is 24.5 Å². The van der Waals surface area contributed by atoms with E-state index in [1.807, 2.05) is 11.0 Å². The van der Waals surface area contributed by atoms with Crippen molar-refractivity contribution < 1.29 is 9.53 Å². The third kappa shape index (κ3) is 3.31. The Kier molecular flexibility index (Phi) is 4.32. The first-order valence-corrected chi connectivity index (χ1v) is 6.91. The number of primary amides is 1. The molecule has 1 saturated heterocycles. The second-order valence-electron chi connectivity index (χ2n) is 5.60. The SMILES string of the molecule is CC(C)COc1nc(N2CCC(C(N)=O)C2)ccc1N. The predicted octanol–water partition coefficient (Wildman–Crippen LogP) is 1.01. The summed E-state index contributed by atoms with van der Waals surface area (Å²) in [7, 11) is 0. The fraction of sp³-hybridized carbons (Fsp3) is 0.571. The molecule has 20 heavy (non-hydrogen) atoms. The second kappa shape index (κ2) is 5.98. The van der Waals surface area contributed by atoms with Crippen molar-refractivity contribution in [1.82, 2.24) is 4.98 Å². The molecule has 0 radical (unpaired) electrons. The Hall–Kier alpha value is -1.98. The van der Waals surface area contributed by atoms with Crippen LogP contribution >= 0.6 is 0 Å². The zero-order chi connectivity index (χ0) is 14.7. The van der Waals surface area contributed by atoms with Crippen LogP contribution in [-0.2, 0) is 4.79 Å². The molecular weight excluding hydrogens is 256 g/mol. The fourth-order valence-corrected chi connectivity index (χ4v) is 2.18. The first-order valence-electron chi connectivity index (χ1n) is 6.91. The Balaban J connectivity index is 2.09. The van der Waals surface area contributed by atoms with Gasteiger partial charge in [0.1, 0.15) is 5.82 Å². The molecule has 1 aliphatic heterocycles. The van der Waals surface area contributed by atoms with Gasteiger partial charge in [-0.3, -0.25) is 4.79 Å². The summed E-state index contributed by atoms with van der Waals surface area (Å²) in [6.45, 7) is 6.09. The highest BCUT2D eigenvalue weighted by Gasteiger charge is 2.27. The maximum Gasteiger partial charge on any atom is 0.239 e. The molecule has 1 aromatic heterocycles. The van der Waals surface area contributed by atoms with E-state index in [0.29, 0.717) is 30.6 Å². The summed E-state index contributed by atoms with van der Waals surface area (Å²) >= 11 is 0. The molecule has 0 spiro atoms. The van der Waals surface area contributed by atoms with E-state index < -0.39 is 0 Å². The molecule has 110 valence electrons. The number of aromatic nitrogens is 1. The van der Waals surface area contributed by atoms with Gasteiger partial charge in [-0.1, -0.05) is 13.8 Å². The van der Waals surface area contributed by atoms with E-state index in [9.17, 15) is 4.79 Å². The van der Waals surface area contributed by atoms with Crippen LogP contribution in [0.25, 0.3) is 0 Å². The van der Waals surface area contributed by atoms with Gasteiger partial charge in [-0.15, -0.1) is 0 Å². The summed E-state index contributed by atoms with van der Waals surface area (Å²) in [5.41, 5.74) is 11.7. The number of amides is 1. The lowest BCUT2D eigenvalue weighted by Gasteiger charge is -2.19. The average Bonchev–Trinajstić information content (AvgIpc) is 2.87. The Labute approximate surface area is 119 Å². The van der Waals surface area contributed by atoms with Crippen LogP contribution < -0.4 is 21.1 Å². The van der Waals surface area contributed by atoms with E-state index in [-0.39, 0.29) is 11.8 Å². The van der Waals surface area contributed by atoms with Crippen molar-refractivity contribution in [3.8, 4) is 5.88 Å². The van der Waals surface area contributed by atoms with Crippen LogP contribution in [0.15, 0.2) is 12.1 Å². The minimum Gasteiger partial charge on any atom is -0.476 e. The van der Waals surface area contributed by atoms with Crippen molar-refractivity contribution in [3.05, 3.63) is 12.1 Å². The van der Waals surface area contributed by atoms with E-state index >= 15 is 0 Å². The van der Waals surface area contributed by atoms with E-state index in [0.717, 1.165) is 18.8 Å². The second-order valence-corrected chi connectivity index (χ2v) is 5.60. The molecule has 1 amide bonds. The van der Waals surface area contributed by atoms with Gasteiger partial charge in [-0.2, -0.15) is 4.98 Å². The van der Waals surface area contributed by atoms with Crippen LogP contribution in [-0.4, -0.2) is 30.6 Å². The van der Waals surface area contributed by atoms with Gasteiger partial charge in [0, 0.05) is 13.1 Å². The van der Waals surface area contributed by atoms with Gasteiger partial charge < -0.3 is 21.1 Å². The summed E-state index contributed by atoms with van der Waals surface area (Å²) in [6, 6.07) is 3.64. The van der Waals surface area contributed by atoms with Crippen LogP contribution in [0.4, 0.5) is 11.5 Å². The molecule has 1 aromatic rings. The predicted molar refractivity (Wildman–Crippen MR) is 78.5 cm³/mol. The lowest BCUT2D eigenvalue weighted by molar-refractivity contribution is -0.121. The first-order chi connectivity index (χ1) is 9.47. The standard InChI is InChI=1S/C14H22N4O2/c1-9(2)8-20-14-11(15)3-4-12(17-14)18-6-5-10(7-18)13(16)19/h3-4,9-10H,5-8,15H2,1-2H3,(H2,16,19). The highest BCUT2D eigenvalue weighted by molar-refractivity contribution is 5.78. The number of pyridine rings is 1. The number of hydrogen-bond donors (Lipinski definition) is 2. The quantitative estimate of drug-likeness (QED) is 0.838. The molecule has 1 aliphatic rings. The normalized spacial score (nSPS) is 18.6. The molecule has 1 unspecified atom stereocenters. The molecule has 0 aromatic carbocycles. The van der Waals surface area contributed by atoms with E-state index in [1.165, 1.54) is 0 Å². The average molecular weight is 278 g/mol. The maximum absolute atomic E-state index is 11.2. The number of ether oxygens (including phenoxy) is 1. The van der Waals surface area contributed by atoms with Crippen LogP contribution in [0.5, 0.6) is 5.88 Å². The van der Waals surface area contributed by atoms with E-state index in [4.69, 9.17) is 16.2 Å². The molecule has 6 nitrogen and oxygen atoms in total. The summed E-state index contributed by atoms with van der Waals surface area (Å²) < 4.78 is 5.62. The van der Waals surface area contributed by atoms with Crippen molar-refractivity contribution >= 4 is 17.4 Å². The third-order valence-corrected chi connectivity index (χ3v) is 3.34. The summed E-state index contributed by atoms with van der Waals surface area (Å²) in [5.74, 6) is 1.29. The number of carbonyl (C=O) groups is 1. The maximum atomic E-state index is 11.2. The van der Waals surface area contributed by atoms with Crippen LogP contribution in [0.3, 0.4) is 0 Å². The Bertz CT molecular complexity index is 490. The third-order valence-electron chi connectivity index (χ3n) is 3.34. The molecule has 2 rings (SSSR count). The van der Waals surface area contributed by atoms with Crippen molar-refractivity contribution in [3.63, 3.8) is 0 Å². The number of nitrogens with zero attached hydrogens (tertiary/aromatic N) is 2. The molecule has 6 heteroatoms. The summed E-state index contributed by atoms with van der Waals surface area (Å²) in [6.07, 6.45) is 0.767. The fourth-order valence-electron chi connectivity index (χ4n) is 2.18. The molecule has 1 atom stereocenters. The van der Waals surface area contributed by atoms with Crippen molar-refractivity contribution in [2.75, 3.05) is 30.3 Å². The lowest BCUT2D eigenvalue weighted by atomic mass is 10.1. The van der Waals surface area contributed by atoms with Crippen molar-refractivity contribution in [1.29, 1.82) is 0 Å². The molecule has 2 heterocycles. The van der Waals surface area contributed by atoms with E-state index in [1.54, 1.807) is 6.07 Å². The number of nitrogen functional groups attached to an aromatic ring is 1. The van der Waals surface area contributed by atoms with Crippen molar-refractivity contribution in [2.45, 2.75) is 20.3 Å². The minimum absolute atomic E-state index is 0.102. The van der Waals surface area contributed by atoms with Crippen molar-refractivity contribution in [2.24, 2.45) is 17.6 Å². The molecule has 0 saturated carbocycles. The zero-order valence-electron chi connectivity index (χ0n) is 12.0. The molecular formula is C14H22N4O2. The van der Waals surface area contributed by atoms with Crippen LogP contribution in [0.1, 0.15) is 20.3 Å². The Morgan fingerprint density at radius 2 is 2.30 bits per heavy atom. The van der Waals surface area contributed by atoms with Gasteiger partial charge in [-0.25, -0.2) is 0 Å². The Morgan fingerprint density at radius 1 is 1.55 bits per heavy atom. The molecule has 0 aliphatic carbocycles. The zero-order valence-corrected chi connectivity index (χ0v) is 12.0. The topological polar surface area (TPSA) is 94.5 Å². The number of carbonyl (C=O) groups excluding carboxylic acids is 1. The largest absolute Gasteiger partial charge is 0.476 e. The van der Waals surface area contributed by atoms with Gasteiger partial charge in [0.25, 0.3) is 0 Å². The number of nitrogens with two attached hydrogens (primary N) is 2. The monoisotopic (exact) mass is 278 g/mol. The van der Waals surface area contributed by atoms with Gasteiger partial charge >= 0.3 is 0 Å². The highest BCUT2D eigenvalue weighted by Crippen LogP contribution is 2.27. The molecule has 4 N–H and O–H groups in total. The number of rotatable bonds is 5. The minimum atomic E-state index is -0.251. The van der Waals surface area contributed by atoms with Gasteiger partial charge in [0.05, 0.1) is 18.2 Å². The lowest BCUT2D eigenvalue weighted by Crippen LogP contribution is -2.27. The number of hydrogen-bond acceptors (Lipinski definition) is 5. The van der Waals surface area contributed by atoms with E-state index in [2.05, 4.69) is 18.8 Å². The molecule has 1 fully saturated rings. The summed E-state index contributed by atoms with van der Waals surface area (Å²) in [5, 5.41) is 0. The molecule has 0 bridgehead atoms. The van der Waals surface area contributed by atoms with Gasteiger partial charge in [0.15, 0.2) is 0 Å². The smallest absolute Gasteiger partial charge is 0.239 e. The van der Waals surface area contributed by atoms with Crippen LogP contribution in [0, 0.1) is 11.8 Å². The Morgan fingerprint density at radius 3 is 2.90 bits per heavy atom. The number of anilines is 2. The highest BCUT2D eigenvalue weighted by atomic mass is 16.5. The first kappa shape index (κ1) is 14.4.